The average Bonchev–Trinajstić information content (AvgIpc) is 2.60. The first-order chi connectivity index (χ1) is 11.2. The molecule has 0 saturated heterocycles. The molecule has 1 heterocycles. The van der Waals surface area contributed by atoms with Crippen molar-refractivity contribution in [1.82, 2.24) is 4.98 Å². The van der Waals surface area contributed by atoms with Crippen LogP contribution in [0.1, 0.15) is 35.8 Å². The SMILES string of the molecule is CCCCN(C)c1ccc(C(=O)Nc2ccccc2C#N)nc1. The number of nitrogens with one attached hydrogen (secondary N) is 1. The Morgan fingerprint density at radius 2 is 2.09 bits per heavy atom. The molecule has 2 rings (SSSR count). The molecule has 0 bridgehead atoms. The Balaban J connectivity index is 2.07. The first-order valence-electron chi connectivity index (χ1n) is 7.63. The summed E-state index contributed by atoms with van der Waals surface area (Å²) in [5.41, 5.74) is 2.22. The van der Waals surface area contributed by atoms with E-state index in [-0.39, 0.29) is 5.91 Å². The lowest BCUT2D eigenvalue weighted by molar-refractivity contribution is 0.102. The quantitative estimate of drug-likeness (QED) is 0.887. The molecule has 5 heteroatoms. The summed E-state index contributed by atoms with van der Waals surface area (Å²) in [6.45, 7) is 3.11. The lowest BCUT2D eigenvalue weighted by Crippen LogP contribution is -2.19. The predicted molar refractivity (Wildman–Crippen MR) is 91.5 cm³/mol. The minimum Gasteiger partial charge on any atom is -0.373 e. The number of carbonyl (C=O) groups excluding carboxylic acids is 1. The lowest BCUT2D eigenvalue weighted by Gasteiger charge is -2.18. The summed E-state index contributed by atoms with van der Waals surface area (Å²) in [4.78, 5) is 18.6. The molecule has 118 valence electrons. The maximum Gasteiger partial charge on any atom is 0.274 e. The van der Waals surface area contributed by atoms with E-state index >= 15 is 0 Å². The van der Waals surface area contributed by atoms with Crippen molar-refractivity contribution < 1.29 is 4.79 Å². The number of unbranched alkanes of at least 4 members (excludes halogenated alkanes) is 1. The molecule has 0 atom stereocenters. The molecule has 1 aromatic carbocycles. The van der Waals surface area contributed by atoms with Crippen molar-refractivity contribution in [3.63, 3.8) is 0 Å². The molecule has 0 fully saturated rings. The Hall–Kier alpha value is -2.87. The number of nitriles is 1. The fraction of sp³-hybridized carbons (Fsp3) is 0.278. The van der Waals surface area contributed by atoms with E-state index in [0.29, 0.717) is 16.9 Å². The second-order valence-electron chi connectivity index (χ2n) is 5.29. The number of pyridine rings is 1. The number of hydrogen-bond donors (Lipinski definition) is 1. The zero-order valence-corrected chi connectivity index (χ0v) is 13.4. The molecular weight excluding hydrogens is 288 g/mol. The largest absolute Gasteiger partial charge is 0.373 e. The van der Waals surface area contributed by atoms with Crippen molar-refractivity contribution in [2.24, 2.45) is 0 Å². The van der Waals surface area contributed by atoms with Crippen LogP contribution in [0.15, 0.2) is 42.6 Å². The summed E-state index contributed by atoms with van der Waals surface area (Å²) in [5.74, 6) is -0.324. The topological polar surface area (TPSA) is 69.0 Å². The maximum atomic E-state index is 12.2. The third-order valence-corrected chi connectivity index (χ3v) is 3.56. The zero-order valence-electron chi connectivity index (χ0n) is 13.4. The Labute approximate surface area is 136 Å². The van der Waals surface area contributed by atoms with E-state index in [1.807, 2.05) is 13.1 Å². The normalized spacial score (nSPS) is 9.96. The van der Waals surface area contributed by atoms with Crippen LogP contribution in [0.5, 0.6) is 0 Å². The van der Waals surface area contributed by atoms with Crippen LogP contribution in [0.4, 0.5) is 11.4 Å². The molecule has 1 amide bonds. The van der Waals surface area contributed by atoms with Gasteiger partial charge in [-0.3, -0.25) is 4.79 Å². The fourth-order valence-corrected chi connectivity index (χ4v) is 2.15. The van der Waals surface area contributed by atoms with Crippen LogP contribution in [0.2, 0.25) is 0 Å². The number of carbonyl (C=O) groups is 1. The number of amides is 1. The second-order valence-corrected chi connectivity index (χ2v) is 5.29. The molecule has 0 radical (unpaired) electrons. The lowest BCUT2D eigenvalue weighted by atomic mass is 10.2. The molecular formula is C18H20N4O. The van der Waals surface area contributed by atoms with Crippen molar-refractivity contribution in [2.75, 3.05) is 23.8 Å². The number of para-hydroxylation sites is 1. The van der Waals surface area contributed by atoms with Gasteiger partial charge in [0.2, 0.25) is 0 Å². The zero-order chi connectivity index (χ0) is 16.7. The van der Waals surface area contributed by atoms with Gasteiger partial charge in [0, 0.05) is 13.6 Å². The van der Waals surface area contributed by atoms with Crippen molar-refractivity contribution in [3.8, 4) is 6.07 Å². The van der Waals surface area contributed by atoms with E-state index in [2.05, 4.69) is 28.2 Å². The Kier molecular flexibility index (Phi) is 5.70. The first kappa shape index (κ1) is 16.5. The van der Waals surface area contributed by atoms with Gasteiger partial charge in [0.25, 0.3) is 5.91 Å². The molecule has 0 saturated carbocycles. The van der Waals surface area contributed by atoms with E-state index in [1.165, 1.54) is 0 Å². The number of hydrogen-bond acceptors (Lipinski definition) is 4. The summed E-state index contributed by atoms with van der Waals surface area (Å²) in [5, 5.41) is 11.8. The third-order valence-electron chi connectivity index (χ3n) is 3.56. The Bertz CT molecular complexity index is 704. The van der Waals surface area contributed by atoms with Gasteiger partial charge < -0.3 is 10.2 Å². The van der Waals surface area contributed by atoms with Crippen LogP contribution in [0.25, 0.3) is 0 Å². The summed E-state index contributed by atoms with van der Waals surface area (Å²) >= 11 is 0. The van der Waals surface area contributed by atoms with Gasteiger partial charge in [-0.2, -0.15) is 5.26 Å². The van der Waals surface area contributed by atoms with E-state index in [9.17, 15) is 4.79 Å². The van der Waals surface area contributed by atoms with Crippen molar-refractivity contribution in [3.05, 3.63) is 53.9 Å². The molecule has 23 heavy (non-hydrogen) atoms. The molecule has 1 N–H and O–H groups in total. The van der Waals surface area contributed by atoms with Crippen molar-refractivity contribution in [2.45, 2.75) is 19.8 Å². The van der Waals surface area contributed by atoms with Gasteiger partial charge in [-0.05, 0) is 30.7 Å². The van der Waals surface area contributed by atoms with E-state index in [1.54, 1.807) is 36.5 Å². The highest BCUT2D eigenvalue weighted by Gasteiger charge is 2.10. The monoisotopic (exact) mass is 308 g/mol. The van der Waals surface area contributed by atoms with E-state index < -0.39 is 0 Å². The maximum absolute atomic E-state index is 12.2. The number of anilines is 2. The van der Waals surface area contributed by atoms with Gasteiger partial charge in [-0.25, -0.2) is 4.98 Å². The number of benzene rings is 1. The standard InChI is InChI=1S/C18H20N4O/c1-3-4-11-22(2)15-9-10-17(20-13-15)18(23)21-16-8-6-5-7-14(16)12-19/h5-10,13H,3-4,11H2,1-2H3,(H,21,23). The average molecular weight is 308 g/mol. The molecule has 2 aromatic rings. The second kappa shape index (κ2) is 7.95. The van der Waals surface area contributed by atoms with Crippen molar-refractivity contribution >= 4 is 17.3 Å². The highest BCUT2D eigenvalue weighted by Crippen LogP contribution is 2.16. The van der Waals surface area contributed by atoms with Gasteiger partial charge in [-0.15, -0.1) is 0 Å². The van der Waals surface area contributed by atoms with Crippen LogP contribution in [0.3, 0.4) is 0 Å². The smallest absolute Gasteiger partial charge is 0.274 e. The number of nitrogens with zero attached hydrogens (tertiary/aromatic N) is 3. The fourth-order valence-electron chi connectivity index (χ4n) is 2.15. The highest BCUT2D eigenvalue weighted by atomic mass is 16.1. The molecule has 0 aliphatic rings. The minimum atomic E-state index is -0.324. The molecule has 5 nitrogen and oxygen atoms in total. The van der Waals surface area contributed by atoms with Gasteiger partial charge >= 0.3 is 0 Å². The summed E-state index contributed by atoms with van der Waals surface area (Å²) in [6.07, 6.45) is 3.95. The molecule has 0 aliphatic carbocycles. The van der Waals surface area contributed by atoms with Gasteiger partial charge in [-0.1, -0.05) is 25.5 Å². The summed E-state index contributed by atoms with van der Waals surface area (Å²) in [6, 6.07) is 12.5. The molecule has 0 aliphatic heterocycles. The number of rotatable bonds is 6. The van der Waals surface area contributed by atoms with E-state index in [0.717, 1.165) is 25.1 Å². The van der Waals surface area contributed by atoms with Crippen LogP contribution < -0.4 is 10.2 Å². The van der Waals surface area contributed by atoms with Crippen LogP contribution in [0, 0.1) is 11.3 Å². The van der Waals surface area contributed by atoms with Crippen LogP contribution in [-0.4, -0.2) is 24.5 Å². The summed E-state index contributed by atoms with van der Waals surface area (Å²) in [7, 11) is 2.01. The molecule has 0 unspecified atom stereocenters. The van der Waals surface area contributed by atoms with Gasteiger partial charge in [0.15, 0.2) is 0 Å². The van der Waals surface area contributed by atoms with Crippen molar-refractivity contribution in [1.29, 1.82) is 5.26 Å². The van der Waals surface area contributed by atoms with Gasteiger partial charge in [0.05, 0.1) is 23.1 Å². The number of aromatic nitrogens is 1. The van der Waals surface area contributed by atoms with Crippen LogP contribution in [-0.2, 0) is 0 Å². The Morgan fingerprint density at radius 1 is 1.30 bits per heavy atom. The minimum absolute atomic E-state index is 0.324. The molecule has 0 spiro atoms. The van der Waals surface area contributed by atoms with Gasteiger partial charge in [0.1, 0.15) is 11.8 Å². The van der Waals surface area contributed by atoms with Crippen LogP contribution >= 0.6 is 0 Å². The highest BCUT2D eigenvalue weighted by molar-refractivity contribution is 6.03. The molecule has 1 aromatic heterocycles. The Morgan fingerprint density at radius 3 is 2.74 bits per heavy atom. The summed E-state index contributed by atoms with van der Waals surface area (Å²) < 4.78 is 0. The third kappa shape index (κ3) is 4.30. The predicted octanol–water partition coefficient (Wildman–Crippen LogP) is 3.44. The first-order valence-corrected chi connectivity index (χ1v) is 7.63. The van der Waals surface area contributed by atoms with E-state index in [4.69, 9.17) is 5.26 Å².